The van der Waals surface area contributed by atoms with Gasteiger partial charge in [-0.25, -0.2) is 0 Å². The van der Waals surface area contributed by atoms with Gasteiger partial charge in [0.15, 0.2) is 0 Å². The molecule has 18 heavy (non-hydrogen) atoms. The summed E-state index contributed by atoms with van der Waals surface area (Å²) in [6, 6.07) is 6.23. The van der Waals surface area contributed by atoms with Crippen molar-refractivity contribution in [3.05, 3.63) is 29.3 Å². The highest BCUT2D eigenvalue weighted by molar-refractivity contribution is 5.37. The fourth-order valence-electron chi connectivity index (χ4n) is 2.95. The molecule has 0 saturated carbocycles. The zero-order valence-corrected chi connectivity index (χ0v) is 11.8. The number of phenolic OH excluding ortho intramolecular Hbond substituents is 1. The highest BCUT2D eigenvalue weighted by atomic mass is 16.3. The Balaban J connectivity index is 2.07. The van der Waals surface area contributed by atoms with Gasteiger partial charge in [0, 0.05) is 11.6 Å². The van der Waals surface area contributed by atoms with E-state index in [0.29, 0.717) is 11.8 Å². The van der Waals surface area contributed by atoms with E-state index >= 15 is 0 Å². The van der Waals surface area contributed by atoms with Crippen molar-refractivity contribution < 1.29 is 5.11 Å². The largest absolute Gasteiger partial charge is 0.508 e. The molecule has 0 aromatic heterocycles. The van der Waals surface area contributed by atoms with Crippen molar-refractivity contribution in [2.24, 2.45) is 5.92 Å². The number of hydrogen-bond acceptors (Lipinski definition) is 2. The molecule has 1 aliphatic heterocycles. The summed E-state index contributed by atoms with van der Waals surface area (Å²) in [5.41, 5.74) is 2.29. The van der Waals surface area contributed by atoms with E-state index in [0.717, 1.165) is 24.6 Å². The number of benzene rings is 1. The molecule has 1 heterocycles. The molecule has 0 spiro atoms. The zero-order valence-electron chi connectivity index (χ0n) is 11.8. The molecule has 1 aromatic rings. The number of nitrogens with zero attached hydrogens (tertiary/aromatic N) is 1. The van der Waals surface area contributed by atoms with Gasteiger partial charge in [-0.15, -0.1) is 0 Å². The van der Waals surface area contributed by atoms with Crippen LogP contribution in [0.5, 0.6) is 5.75 Å². The maximum atomic E-state index is 10.0. The summed E-state index contributed by atoms with van der Waals surface area (Å²) < 4.78 is 0. The molecule has 1 unspecified atom stereocenters. The maximum Gasteiger partial charge on any atom is 0.120 e. The van der Waals surface area contributed by atoms with Crippen LogP contribution in [0.2, 0.25) is 0 Å². The summed E-state index contributed by atoms with van der Waals surface area (Å²) in [5, 5.41) is 10.0. The second-order valence-corrected chi connectivity index (χ2v) is 5.63. The quantitative estimate of drug-likeness (QED) is 0.876. The smallest absolute Gasteiger partial charge is 0.120 e. The molecule has 0 bridgehead atoms. The van der Waals surface area contributed by atoms with E-state index in [1.54, 1.807) is 0 Å². The minimum absolute atomic E-state index is 0.322. The van der Waals surface area contributed by atoms with E-state index in [4.69, 9.17) is 0 Å². The van der Waals surface area contributed by atoms with Gasteiger partial charge in [-0.1, -0.05) is 31.0 Å². The molecule has 0 aliphatic carbocycles. The number of aryl methyl sites for hydroxylation is 1. The summed E-state index contributed by atoms with van der Waals surface area (Å²) in [4.78, 5) is 2.50. The standard InChI is InChI=1S/C16H25NO/c1-4-14-7-9-17(10-8-14)13(3)15-11-12(2)5-6-16(15)18/h5-6,11,13-14,18H,4,7-10H2,1-3H3. The van der Waals surface area contributed by atoms with Gasteiger partial charge in [0.05, 0.1) is 0 Å². The van der Waals surface area contributed by atoms with Gasteiger partial charge in [0.1, 0.15) is 5.75 Å². The third-order valence-corrected chi connectivity index (χ3v) is 4.41. The predicted octanol–water partition coefficient (Wildman–Crippen LogP) is 3.88. The normalized spacial score (nSPS) is 19.9. The van der Waals surface area contributed by atoms with Crippen molar-refractivity contribution in [2.75, 3.05) is 13.1 Å². The SMILES string of the molecule is CCC1CCN(C(C)c2cc(C)ccc2O)CC1. The monoisotopic (exact) mass is 247 g/mol. The van der Waals surface area contributed by atoms with E-state index in [1.165, 1.54) is 24.8 Å². The molecule has 1 fully saturated rings. The van der Waals surface area contributed by atoms with Crippen molar-refractivity contribution in [3.63, 3.8) is 0 Å². The molecule has 1 aliphatic rings. The van der Waals surface area contributed by atoms with Crippen molar-refractivity contribution in [2.45, 2.75) is 46.1 Å². The fourth-order valence-corrected chi connectivity index (χ4v) is 2.95. The molecule has 2 nitrogen and oxygen atoms in total. The van der Waals surface area contributed by atoms with Gasteiger partial charge >= 0.3 is 0 Å². The third kappa shape index (κ3) is 2.86. The van der Waals surface area contributed by atoms with Crippen molar-refractivity contribution in [1.29, 1.82) is 0 Å². The number of piperidine rings is 1. The molecule has 1 aromatic carbocycles. The van der Waals surface area contributed by atoms with Crippen LogP contribution in [0.3, 0.4) is 0 Å². The summed E-state index contributed by atoms with van der Waals surface area (Å²) in [6.45, 7) is 8.90. The second kappa shape index (κ2) is 5.75. The van der Waals surface area contributed by atoms with Gasteiger partial charge in [0.2, 0.25) is 0 Å². The first-order chi connectivity index (χ1) is 8.61. The average molecular weight is 247 g/mol. The molecule has 0 radical (unpaired) electrons. The Bertz CT molecular complexity index is 394. The van der Waals surface area contributed by atoms with Gasteiger partial charge in [-0.2, -0.15) is 0 Å². The minimum Gasteiger partial charge on any atom is -0.508 e. The molecule has 1 saturated heterocycles. The van der Waals surface area contributed by atoms with Gasteiger partial charge in [-0.3, -0.25) is 4.90 Å². The third-order valence-electron chi connectivity index (χ3n) is 4.41. The molecule has 1 atom stereocenters. The summed E-state index contributed by atoms with van der Waals surface area (Å²) in [7, 11) is 0. The summed E-state index contributed by atoms with van der Waals surface area (Å²) in [5.74, 6) is 1.34. The Hall–Kier alpha value is -1.02. The predicted molar refractivity (Wildman–Crippen MR) is 75.8 cm³/mol. The van der Waals surface area contributed by atoms with E-state index in [9.17, 15) is 5.11 Å². The van der Waals surface area contributed by atoms with Gasteiger partial charge < -0.3 is 5.11 Å². The first-order valence-electron chi connectivity index (χ1n) is 7.15. The number of likely N-dealkylation sites (tertiary alicyclic amines) is 1. The zero-order chi connectivity index (χ0) is 13.1. The Morgan fingerprint density at radius 1 is 1.33 bits per heavy atom. The lowest BCUT2D eigenvalue weighted by Crippen LogP contribution is -2.35. The van der Waals surface area contributed by atoms with Crippen LogP contribution in [-0.4, -0.2) is 23.1 Å². The van der Waals surface area contributed by atoms with Crippen molar-refractivity contribution >= 4 is 0 Å². The van der Waals surface area contributed by atoms with E-state index in [1.807, 2.05) is 12.1 Å². The lowest BCUT2D eigenvalue weighted by Gasteiger charge is -2.36. The molecular weight excluding hydrogens is 222 g/mol. The topological polar surface area (TPSA) is 23.5 Å². The van der Waals surface area contributed by atoms with E-state index in [2.05, 4.69) is 31.7 Å². The lowest BCUT2D eigenvalue weighted by atomic mass is 9.92. The van der Waals surface area contributed by atoms with Crippen LogP contribution in [-0.2, 0) is 0 Å². The molecule has 2 heteroatoms. The minimum atomic E-state index is 0.322. The molecular formula is C16H25NO. The molecule has 0 amide bonds. The van der Waals surface area contributed by atoms with Crippen LogP contribution in [0.4, 0.5) is 0 Å². The number of rotatable bonds is 3. The number of phenols is 1. The van der Waals surface area contributed by atoms with Gasteiger partial charge in [0.25, 0.3) is 0 Å². The van der Waals surface area contributed by atoms with Crippen LogP contribution >= 0.6 is 0 Å². The highest BCUT2D eigenvalue weighted by Gasteiger charge is 2.24. The van der Waals surface area contributed by atoms with E-state index in [-0.39, 0.29) is 0 Å². The van der Waals surface area contributed by atoms with Crippen LogP contribution in [0.25, 0.3) is 0 Å². The lowest BCUT2D eigenvalue weighted by molar-refractivity contribution is 0.138. The Labute approximate surface area is 111 Å². The van der Waals surface area contributed by atoms with Crippen LogP contribution < -0.4 is 0 Å². The number of hydrogen-bond donors (Lipinski definition) is 1. The van der Waals surface area contributed by atoms with Crippen LogP contribution in [0, 0.1) is 12.8 Å². The Kier molecular flexibility index (Phi) is 4.28. The second-order valence-electron chi connectivity index (χ2n) is 5.63. The van der Waals surface area contributed by atoms with Crippen LogP contribution in [0.15, 0.2) is 18.2 Å². The molecule has 2 rings (SSSR count). The van der Waals surface area contributed by atoms with Crippen molar-refractivity contribution in [1.82, 2.24) is 4.90 Å². The fraction of sp³-hybridized carbons (Fsp3) is 0.625. The van der Waals surface area contributed by atoms with Crippen molar-refractivity contribution in [3.8, 4) is 5.75 Å². The Morgan fingerprint density at radius 3 is 2.61 bits per heavy atom. The number of aromatic hydroxyl groups is 1. The maximum absolute atomic E-state index is 10.0. The van der Waals surface area contributed by atoms with E-state index < -0.39 is 0 Å². The molecule has 100 valence electrons. The average Bonchev–Trinajstić information content (AvgIpc) is 2.41. The molecule has 1 N–H and O–H groups in total. The first kappa shape index (κ1) is 13.4. The highest BCUT2D eigenvalue weighted by Crippen LogP contribution is 2.32. The summed E-state index contributed by atoms with van der Waals surface area (Å²) in [6.07, 6.45) is 3.90. The summed E-state index contributed by atoms with van der Waals surface area (Å²) >= 11 is 0. The van der Waals surface area contributed by atoms with Crippen LogP contribution in [0.1, 0.15) is 50.3 Å². The van der Waals surface area contributed by atoms with Gasteiger partial charge in [-0.05, 0) is 51.8 Å². The first-order valence-corrected chi connectivity index (χ1v) is 7.15. The Morgan fingerprint density at radius 2 is 2.00 bits per heavy atom.